The van der Waals surface area contributed by atoms with Gasteiger partial charge in [0.15, 0.2) is 16.6 Å². The number of carbonyl (C=O) groups is 2. The number of nitrogens with zero attached hydrogens (tertiary/aromatic N) is 1. The van der Waals surface area contributed by atoms with Gasteiger partial charge in [-0.05, 0) is 70.7 Å². The number of anilines is 1. The number of aromatic hydroxyl groups is 1. The van der Waals surface area contributed by atoms with Crippen molar-refractivity contribution in [2.24, 2.45) is 0 Å². The summed E-state index contributed by atoms with van der Waals surface area (Å²) in [6.07, 6.45) is 1.44. The summed E-state index contributed by atoms with van der Waals surface area (Å²) in [7, 11) is 1.43. The zero-order valence-corrected chi connectivity index (χ0v) is 16.5. The average molecular weight is 480 g/mol. The number of phenols is 1. The topological polar surface area (TPSA) is 78.9 Å². The summed E-state index contributed by atoms with van der Waals surface area (Å²) in [6.45, 7) is 0. The highest BCUT2D eigenvalue weighted by molar-refractivity contribution is 14.1. The number of amides is 2. The summed E-state index contributed by atoms with van der Waals surface area (Å²) in [5, 5.41) is 12.5. The van der Waals surface area contributed by atoms with Crippen LogP contribution in [0.4, 0.5) is 5.69 Å². The number of hydrogen-bond donors (Lipinski definition) is 2. The molecule has 2 aromatic rings. The van der Waals surface area contributed by atoms with Crippen LogP contribution in [-0.4, -0.2) is 29.1 Å². The van der Waals surface area contributed by atoms with E-state index in [1.54, 1.807) is 36.4 Å². The Bertz CT molecular complexity index is 944. The molecule has 8 heteroatoms. The Hall–Kier alpha value is -2.46. The highest BCUT2D eigenvalue weighted by Crippen LogP contribution is 2.33. The minimum Gasteiger partial charge on any atom is -0.504 e. The van der Waals surface area contributed by atoms with Crippen molar-refractivity contribution < 1.29 is 19.4 Å². The summed E-state index contributed by atoms with van der Waals surface area (Å²) < 4.78 is 5.65. The molecule has 0 radical (unpaired) electrons. The molecule has 132 valence electrons. The fraction of sp³-hybridized carbons (Fsp3) is 0.0556. The molecule has 2 aromatic carbocycles. The molecule has 1 saturated heterocycles. The van der Waals surface area contributed by atoms with Crippen LogP contribution in [0.25, 0.3) is 6.08 Å². The molecular formula is C18H13IN2O4S. The number of methoxy groups -OCH3 is 1. The summed E-state index contributed by atoms with van der Waals surface area (Å²) in [5.41, 5.74) is 1.04. The smallest absolute Gasteiger partial charge is 0.270 e. The van der Waals surface area contributed by atoms with E-state index in [1.165, 1.54) is 18.1 Å². The molecule has 6 nitrogen and oxygen atoms in total. The van der Waals surface area contributed by atoms with Gasteiger partial charge >= 0.3 is 0 Å². The van der Waals surface area contributed by atoms with E-state index in [9.17, 15) is 14.7 Å². The van der Waals surface area contributed by atoms with E-state index >= 15 is 0 Å². The largest absolute Gasteiger partial charge is 0.504 e. The molecular weight excluding hydrogens is 467 g/mol. The molecule has 1 aliphatic rings. The van der Waals surface area contributed by atoms with Gasteiger partial charge in [0.25, 0.3) is 11.8 Å². The van der Waals surface area contributed by atoms with E-state index < -0.39 is 11.8 Å². The van der Waals surface area contributed by atoms with Crippen LogP contribution in [0.2, 0.25) is 0 Å². The average Bonchev–Trinajstić information content (AvgIpc) is 2.62. The monoisotopic (exact) mass is 480 g/mol. The summed E-state index contributed by atoms with van der Waals surface area (Å²) >= 11 is 7.09. The number of rotatable bonds is 3. The zero-order valence-electron chi connectivity index (χ0n) is 13.5. The maximum Gasteiger partial charge on any atom is 0.270 e. The first-order valence-electron chi connectivity index (χ1n) is 7.45. The van der Waals surface area contributed by atoms with Gasteiger partial charge in [0.2, 0.25) is 0 Å². The lowest BCUT2D eigenvalue weighted by Gasteiger charge is -2.28. The van der Waals surface area contributed by atoms with Crippen molar-refractivity contribution in [1.29, 1.82) is 0 Å². The highest BCUT2D eigenvalue weighted by atomic mass is 127. The second-order valence-electron chi connectivity index (χ2n) is 5.35. The minimum atomic E-state index is -0.575. The molecule has 0 aliphatic carbocycles. The fourth-order valence-electron chi connectivity index (χ4n) is 2.47. The van der Waals surface area contributed by atoms with Crippen molar-refractivity contribution in [2.45, 2.75) is 0 Å². The molecule has 26 heavy (non-hydrogen) atoms. The lowest BCUT2D eigenvalue weighted by Crippen LogP contribution is -2.54. The third-order valence-corrected chi connectivity index (χ3v) is 4.80. The van der Waals surface area contributed by atoms with Crippen molar-refractivity contribution in [3.05, 3.63) is 57.2 Å². The van der Waals surface area contributed by atoms with Gasteiger partial charge in [-0.3, -0.25) is 19.8 Å². The third-order valence-electron chi connectivity index (χ3n) is 3.70. The fourth-order valence-corrected chi connectivity index (χ4v) is 3.37. The van der Waals surface area contributed by atoms with Crippen molar-refractivity contribution in [3.63, 3.8) is 0 Å². The lowest BCUT2D eigenvalue weighted by molar-refractivity contribution is -0.122. The van der Waals surface area contributed by atoms with Crippen LogP contribution in [-0.2, 0) is 9.59 Å². The number of benzene rings is 2. The molecule has 0 bridgehead atoms. The van der Waals surface area contributed by atoms with Crippen molar-refractivity contribution in [2.75, 3.05) is 12.0 Å². The Balaban J connectivity index is 2.05. The minimum absolute atomic E-state index is 0.00163. The van der Waals surface area contributed by atoms with Gasteiger partial charge in [-0.25, -0.2) is 0 Å². The Morgan fingerprint density at radius 3 is 2.58 bits per heavy atom. The number of carbonyl (C=O) groups excluding carboxylic acids is 2. The van der Waals surface area contributed by atoms with Crippen LogP contribution in [0.1, 0.15) is 5.56 Å². The van der Waals surface area contributed by atoms with Crippen LogP contribution >= 0.6 is 34.8 Å². The van der Waals surface area contributed by atoms with Gasteiger partial charge in [-0.1, -0.05) is 18.2 Å². The highest BCUT2D eigenvalue weighted by Gasteiger charge is 2.34. The number of phenolic OH excluding ortho intramolecular Hbond substituents is 1. The molecule has 1 aliphatic heterocycles. The van der Waals surface area contributed by atoms with Crippen LogP contribution in [0.5, 0.6) is 11.5 Å². The van der Waals surface area contributed by atoms with Crippen LogP contribution < -0.4 is 15.0 Å². The normalized spacial score (nSPS) is 16.0. The van der Waals surface area contributed by atoms with Crippen molar-refractivity contribution >= 4 is 63.5 Å². The SMILES string of the molecule is COc1cc(/C=C2\C(=O)NC(=S)N(c3ccccc3)C2=O)cc(I)c1O. The first kappa shape index (κ1) is 18.3. The molecule has 2 amide bonds. The number of hydrogen-bond acceptors (Lipinski definition) is 5. The number of thiocarbonyl (C=S) groups is 1. The Labute approximate surface area is 168 Å². The van der Waals surface area contributed by atoms with E-state index in [0.29, 0.717) is 14.8 Å². The van der Waals surface area contributed by atoms with E-state index in [0.717, 1.165) is 0 Å². The van der Waals surface area contributed by atoms with Gasteiger partial charge in [-0.2, -0.15) is 0 Å². The summed E-state index contributed by atoms with van der Waals surface area (Å²) in [4.78, 5) is 26.5. The summed E-state index contributed by atoms with van der Waals surface area (Å²) in [6, 6.07) is 12.0. The van der Waals surface area contributed by atoms with E-state index in [2.05, 4.69) is 5.32 Å². The van der Waals surface area contributed by atoms with E-state index in [4.69, 9.17) is 17.0 Å². The standard InChI is InChI=1S/C18H13IN2O4S/c1-25-14-9-10(8-13(19)15(14)22)7-12-16(23)20-18(26)21(17(12)24)11-5-3-2-4-6-11/h2-9,22H,1H3,(H,20,23,26)/b12-7+. The maximum atomic E-state index is 12.9. The number of halogens is 1. The molecule has 0 unspecified atom stereocenters. The van der Waals surface area contributed by atoms with Crippen molar-refractivity contribution in [3.8, 4) is 11.5 Å². The van der Waals surface area contributed by atoms with Crippen LogP contribution in [0.15, 0.2) is 48.0 Å². The Morgan fingerprint density at radius 1 is 1.23 bits per heavy atom. The van der Waals surface area contributed by atoms with Crippen LogP contribution in [0.3, 0.4) is 0 Å². The lowest BCUT2D eigenvalue weighted by atomic mass is 10.1. The van der Waals surface area contributed by atoms with Gasteiger partial charge in [0.1, 0.15) is 5.57 Å². The number of ether oxygens (including phenoxy) is 1. The first-order valence-corrected chi connectivity index (χ1v) is 8.94. The third kappa shape index (κ3) is 3.42. The molecule has 1 fully saturated rings. The van der Waals surface area contributed by atoms with Gasteiger partial charge in [-0.15, -0.1) is 0 Å². The predicted molar refractivity (Wildman–Crippen MR) is 110 cm³/mol. The molecule has 2 N–H and O–H groups in total. The van der Waals surface area contributed by atoms with Crippen molar-refractivity contribution in [1.82, 2.24) is 5.32 Å². The number of para-hydroxylation sites is 1. The maximum absolute atomic E-state index is 12.9. The molecule has 1 heterocycles. The van der Waals surface area contributed by atoms with E-state index in [1.807, 2.05) is 28.7 Å². The predicted octanol–water partition coefficient (Wildman–Crippen LogP) is 2.84. The second kappa shape index (κ2) is 7.42. The van der Waals surface area contributed by atoms with Gasteiger partial charge < -0.3 is 9.84 Å². The number of nitrogens with one attached hydrogen (secondary N) is 1. The Kier molecular flexibility index (Phi) is 5.23. The zero-order chi connectivity index (χ0) is 18.8. The quantitative estimate of drug-likeness (QED) is 0.306. The second-order valence-corrected chi connectivity index (χ2v) is 6.90. The molecule has 3 rings (SSSR count). The Morgan fingerprint density at radius 2 is 1.92 bits per heavy atom. The molecule has 0 saturated carbocycles. The molecule has 0 aromatic heterocycles. The van der Waals surface area contributed by atoms with E-state index in [-0.39, 0.29) is 22.2 Å². The van der Waals surface area contributed by atoms with Crippen LogP contribution in [0, 0.1) is 3.57 Å². The van der Waals surface area contributed by atoms with Gasteiger partial charge in [0, 0.05) is 0 Å². The molecule has 0 atom stereocenters. The van der Waals surface area contributed by atoms with Gasteiger partial charge in [0.05, 0.1) is 16.4 Å². The summed E-state index contributed by atoms with van der Waals surface area (Å²) in [5.74, 6) is -0.842. The first-order chi connectivity index (χ1) is 12.4. The molecule has 0 spiro atoms.